The molecule has 3 rings (SSSR count). The van der Waals surface area contributed by atoms with Crippen LogP contribution in [0, 0.1) is 23.7 Å². The Morgan fingerprint density at radius 1 is 0.941 bits per heavy atom. The van der Waals surface area contributed by atoms with Crippen molar-refractivity contribution in [1.29, 1.82) is 0 Å². The molecule has 0 amide bonds. The van der Waals surface area contributed by atoms with E-state index in [1.807, 2.05) is 0 Å². The van der Waals surface area contributed by atoms with Gasteiger partial charge in [0.05, 0.1) is 0 Å². The highest BCUT2D eigenvalue weighted by Crippen LogP contribution is 2.57. The monoisotopic (exact) mass is 236 g/mol. The van der Waals surface area contributed by atoms with Crippen LogP contribution in [-0.4, -0.2) is 12.1 Å². The Hall–Kier alpha value is -0.530. The van der Waals surface area contributed by atoms with Gasteiger partial charge in [-0.25, -0.2) is 0 Å². The minimum atomic E-state index is -0.0788. The van der Waals surface area contributed by atoms with Gasteiger partial charge in [-0.05, 0) is 49.4 Å². The minimum absolute atomic E-state index is 0.0788. The molecule has 0 heterocycles. The van der Waals surface area contributed by atoms with Crippen molar-refractivity contribution >= 4 is 5.97 Å². The van der Waals surface area contributed by atoms with Crippen LogP contribution in [0.2, 0.25) is 0 Å². The molecule has 2 nitrogen and oxygen atoms in total. The lowest BCUT2D eigenvalue weighted by Crippen LogP contribution is -2.34. The Morgan fingerprint density at radius 3 is 2.35 bits per heavy atom. The number of carbonyl (C=O) groups is 1. The standard InChI is InChI=1S/C15H24O2/c1-10(16)17-15-9-11-8-14(15)13-7-5-3-2-4-6-12(11)13/h11-15H,2-9H2,1H3/t11?,12-,13?,14?,15?/m0/s1. The van der Waals surface area contributed by atoms with E-state index >= 15 is 0 Å². The summed E-state index contributed by atoms with van der Waals surface area (Å²) in [5.74, 6) is 3.33. The number of esters is 1. The van der Waals surface area contributed by atoms with E-state index in [1.54, 1.807) is 6.92 Å². The first kappa shape index (κ1) is 11.6. The summed E-state index contributed by atoms with van der Waals surface area (Å²) in [7, 11) is 0. The molecule has 0 spiro atoms. The molecule has 0 aromatic heterocycles. The molecular formula is C15H24O2. The maximum atomic E-state index is 11.1. The fraction of sp³-hybridized carbons (Fsp3) is 0.933. The van der Waals surface area contributed by atoms with Crippen LogP contribution in [0.25, 0.3) is 0 Å². The topological polar surface area (TPSA) is 26.3 Å². The molecular weight excluding hydrogens is 212 g/mol. The van der Waals surface area contributed by atoms with Crippen LogP contribution in [0.4, 0.5) is 0 Å². The second kappa shape index (κ2) is 4.62. The van der Waals surface area contributed by atoms with Gasteiger partial charge in [0, 0.05) is 6.92 Å². The second-order valence-corrected chi connectivity index (χ2v) is 6.36. The molecule has 0 radical (unpaired) electrons. The molecule has 3 aliphatic rings. The summed E-state index contributed by atoms with van der Waals surface area (Å²) >= 11 is 0. The minimum Gasteiger partial charge on any atom is -0.462 e. The zero-order valence-electron chi connectivity index (χ0n) is 10.9. The van der Waals surface area contributed by atoms with Crippen LogP contribution >= 0.6 is 0 Å². The highest BCUT2D eigenvalue weighted by Gasteiger charge is 2.53. The predicted molar refractivity (Wildman–Crippen MR) is 66.5 cm³/mol. The quantitative estimate of drug-likeness (QED) is 0.651. The molecule has 0 N–H and O–H groups in total. The molecule has 5 atom stereocenters. The Bertz CT molecular complexity index is 299. The molecule has 0 aromatic carbocycles. The molecule has 3 fully saturated rings. The molecule has 0 aromatic rings. The zero-order valence-corrected chi connectivity index (χ0v) is 10.9. The highest BCUT2D eigenvalue weighted by atomic mass is 16.5. The SMILES string of the molecule is CC(=O)OC1CC2CC1C1CCCCCC[C@@H]21. The number of fused-ring (bicyclic) bond motifs is 5. The van der Waals surface area contributed by atoms with E-state index in [0.717, 1.165) is 24.2 Å². The first-order valence-electron chi connectivity index (χ1n) is 7.43. The van der Waals surface area contributed by atoms with Crippen LogP contribution in [0.15, 0.2) is 0 Å². The van der Waals surface area contributed by atoms with E-state index in [-0.39, 0.29) is 12.1 Å². The third-order valence-corrected chi connectivity index (χ3v) is 5.44. The maximum absolute atomic E-state index is 11.1. The molecule has 3 saturated carbocycles. The van der Waals surface area contributed by atoms with Gasteiger partial charge in [0.2, 0.25) is 0 Å². The molecule has 2 bridgehead atoms. The largest absolute Gasteiger partial charge is 0.462 e. The highest BCUT2D eigenvalue weighted by molar-refractivity contribution is 5.66. The molecule has 17 heavy (non-hydrogen) atoms. The summed E-state index contributed by atoms with van der Waals surface area (Å²) in [5, 5.41) is 0. The van der Waals surface area contributed by atoms with Gasteiger partial charge < -0.3 is 4.74 Å². The number of rotatable bonds is 1. The van der Waals surface area contributed by atoms with Gasteiger partial charge in [-0.2, -0.15) is 0 Å². The number of hydrogen-bond donors (Lipinski definition) is 0. The summed E-state index contributed by atoms with van der Waals surface area (Å²) < 4.78 is 5.53. The summed E-state index contributed by atoms with van der Waals surface area (Å²) in [6, 6.07) is 0. The van der Waals surface area contributed by atoms with Crippen molar-refractivity contribution < 1.29 is 9.53 Å². The first-order chi connectivity index (χ1) is 8.25. The smallest absolute Gasteiger partial charge is 0.302 e. The Kier molecular flexibility index (Phi) is 3.14. The van der Waals surface area contributed by atoms with Crippen LogP contribution in [-0.2, 0) is 9.53 Å². The van der Waals surface area contributed by atoms with Crippen molar-refractivity contribution in [2.24, 2.45) is 23.7 Å². The summed E-state index contributed by atoms with van der Waals surface area (Å²) in [6.45, 7) is 1.56. The summed E-state index contributed by atoms with van der Waals surface area (Å²) in [5.41, 5.74) is 0. The van der Waals surface area contributed by atoms with Gasteiger partial charge in [0.15, 0.2) is 0 Å². The Morgan fingerprint density at radius 2 is 1.65 bits per heavy atom. The zero-order chi connectivity index (χ0) is 11.8. The van der Waals surface area contributed by atoms with Crippen LogP contribution in [0.5, 0.6) is 0 Å². The van der Waals surface area contributed by atoms with Gasteiger partial charge in [0.1, 0.15) is 6.10 Å². The van der Waals surface area contributed by atoms with E-state index in [4.69, 9.17) is 4.74 Å². The van der Waals surface area contributed by atoms with E-state index in [0.29, 0.717) is 5.92 Å². The van der Waals surface area contributed by atoms with E-state index in [2.05, 4.69) is 0 Å². The lowest BCUT2D eigenvalue weighted by molar-refractivity contribution is -0.150. The fourth-order valence-electron chi connectivity index (χ4n) is 4.88. The first-order valence-corrected chi connectivity index (χ1v) is 7.43. The third kappa shape index (κ3) is 2.11. The number of hydrogen-bond acceptors (Lipinski definition) is 2. The van der Waals surface area contributed by atoms with E-state index < -0.39 is 0 Å². The van der Waals surface area contributed by atoms with Crippen molar-refractivity contribution in [3.8, 4) is 0 Å². The molecule has 4 unspecified atom stereocenters. The Labute approximate surface area is 104 Å². The van der Waals surface area contributed by atoms with Gasteiger partial charge in [0.25, 0.3) is 0 Å². The van der Waals surface area contributed by atoms with E-state index in [1.165, 1.54) is 44.9 Å². The molecule has 3 aliphatic carbocycles. The van der Waals surface area contributed by atoms with Gasteiger partial charge >= 0.3 is 5.97 Å². The lowest BCUT2D eigenvalue weighted by atomic mass is 9.72. The summed E-state index contributed by atoms with van der Waals surface area (Å²) in [4.78, 5) is 11.1. The average molecular weight is 236 g/mol. The fourth-order valence-corrected chi connectivity index (χ4v) is 4.88. The van der Waals surface area contributed by atoms with Crippen molar-refractivity contribution in [2.75, 3.05) is 0 Å². The summed E-state index contributed by atoms with van der Waals surface area (Å²) in [6.07, 6.45) is 11.3. The second-order valence-electron chi connectivity index (χ2n) is 6.36. The number of carbonyl (C=O) groups excluding carboxylic acids is 1. The Balaban J connectivity index is 1.70. The van der Waals surface area contributed by atoms with Crippen LogP contribution in [0.3, 0.4) is 0 Å². The van der Waals surface area contributed by atoms with Crippen molar-refractivity contribution in [3.05, 3.63) is 0 Å². The van der Waals surface area contributed by atoms with Crippen LogP contribution in [0.1, 0.15) is 58.3 Å². The lowest BCUT2D eigenvalue weighted by Gasteiger charge is -2.36. The van der Waals surface area contributed by atoms with Crippen molar-refractivity contribution in [3.63, 3.8) is 0 Å². The molecule has 2 heteroatoms. The van der Waals surface area contributed by atoms with Crippen molar-refractivity contribution in [1.82, 2.24) is 0 Å². The normalized spacial score (nSPS) is 44.9. The average Bonchev–Trinajstić information content (AvgIpc) is 2.72. The van der Waals surface area contributed by atoms with Crippen molar-refractivity contribution in [2.45, 2.75) is 64.4 Å². The molecule has 0 saturated heterocycles. The van der Waals surface area contributed by atoms with Gasteiger partial charge in [-0.15, -0.1) is 0 Å². The molecule has 96 valence electrons. The third-order valence-electron chi connectivity index (χ3n) is 5.44. The van der Waals surface area contributed by atoms with Gasteiger partial charge in [-0.3, -0.25) is 4.79 Å². The number of ether oxygens (including phenoxy) is 1. The van der Waals surface area contributed by atoms with E-state index in [9.17, 15) is 4.79 Å². The molecule has 0 aliphatic heterocycles. The van der Waals surface area contributed by atoms with Gasteiger partial charge in [-0.1, -0.05) is 25.7 Å². The predicted octanol–water partition coefficient (Wildman–Crippen LogP) is 3.54. The maximum Gasteiger partial charge on any atom is 0.302 e. The van der Waals surface area contributed by atoms with Crippen LogP contribution < -0.4 is 0 Å².